The minimum absolute atomic E-state index is 0.161. The third-order valence-electron chi connectivity index (χ3n) is 2.81. The smallest absolute Gasteiger partial charge is 0.422 e. The second kappa shape index (κ2) is 7.59. The summed E-state index contributed by atoms with van der Waals surface area (Å²) in [5, 5.41) is 0. The van der Waals surface area contributed by atoms with Crippen molar-refractivity contribution in [3.63, 3.8) is 0 Å². The summed E-state index contributed by atoms with van der Waals surface area (Å²) in [6.45, 7) is 0.668. The molecule has 0 aromatic heterocycles. The minimum Gasteiger partial charge on any atom is -0.489 e. The van der Waals surface area contributed by atoms with Gasteiger partial charge < -0.3 is 9.47 Å². The van der Waals surface area contributed by atoms with Crippen molar-refractivity contribution in [2.45, 2.75) is 19.7 Å². The van der Waals surface area contributed by atoms with Gasteiger partial charge in [0.05, 0.1) is 0 Å². The highest BCUT2D eigenvalue weighted by molar-refractivity contribution is 5.39. The minimum atomic E-state index is -4.35. The fourth-order valence-electron chi connectivity index (χ4n) is 1.86. The van der Waals surface area contributed by atoms with Crippen LogP contribution in [0.5, 0.6) is 11.5 Å². The van der Waals surface area contributed by atoms with Gasteiger partial charge in [-0.2, -0.15) is 13.2 Å². The summed E-state index contributed by atoms with van der Waals surface area (Å²) in [4.78, 5) is 0. The monoisotopic (exact) mass is 320 g/mol. The number of hydrogen-bond donors (Lipinski definition) is 0. The lowest BCUT2D eigenvalue weighted by Gasteiger charge is -2.11. The molecule has 120 valence electrons. The molecular weight excluding hydrogens is 305 g/mol. The van der Waals surface area contributed by atoms with Crippen LogP contribution in [0.4, 0.5) is 13.2 Å². The molecule has 0 bridgehead atoms. The van der Waals surface area contributed by atoms with Crippen molar-refractivity contribution < 1.29 is 22.6 Å². The molecule has 0 aliphatic carbocycles. The van der Waals surface area contributed by atoms with Crippen LogP contribution in [-0.2, 0) is 6.61 Å². The molecule has 5 heteroatoms. The molecule has 0 saturated heterocycles. The molecule has 0 atom stereocenters. The van der Waals surface area contributed by atoms with E-state index in [2.05, 4.69) is 11.8 Å². The number of rotatable bonds is 5. The van der Waals surface area contributed by atoms with E-state index in [1.807, 2.05) is 12.1 Å². The zero-order valence-electron chi connectivity index (χ0n) is 12.5. The Morgan fingerprint density at radius 1 is 0.957 bits per heavy atom. The molecular formula is C18H15F3O2. The number of halogens is 3. The van der Waals surface area contributed by atoms with E-state index < -0.39 is 12.8 Å². The van der Waals surface area contributed by atoms with Gasteiger partial charge in [-0.05, 0) is 42.8 Å². The molecule has 2 rings (SSSR count). The first-order valence-corrected chi connectivity index (χ1v) is 6.90. The van der Waals surface area contributed by atoms with Crippen molar-refractivity contribution in [2.75, 3.05) is 6.61 Å². The summed E-state index contributed by atoms with van der Waals surface area (Å²) in [6, 6.07) is 13.7. The standard InChI is InChI=1S/C18H15F3O2/c1-2-5-14-6-3-8-16(10-14)22-12-15-7-4-9-17(11-15)23-13-18(19,20)21/h3-4,6-11H,12-13H2,1H3. The van der Waals surface area contributed by atoms with E-state index in [1.165, 1.54) is 12.1 Å². The van der Waals surface area contributed by atoms with Crippen LogP contribution in [0.15, 0.2) is 48.5 Å². The van der Waals surface area contributed by atoms with Crippen molar-refractivity contribution in [3.05, 3.63) is 59.7 Å². The van der Waals surface area contributed by atoms with Gasteiger partial charge in [0.25, 0.3) is 0 Å². The van der Waals surface area contributed by atoms with Crippen molar-refractivity contribution in [3.8, 4) is 23.3 Å². The number of benzene rings is 2. The van der Waals surface area contributed by atoms with Gasteiger partial charge in [0.1, 0.15) is 18.1 Å². The van der Waals surface area contributed by atoms with Crippen LogP contribution in [0.25, 0.3) is 0 Å². The van der Waals surface area contributed by atoms with Gasteiger partial charge in [0, 0.05) is 5.56 Å². The largest absolute Gasteiger partial charge is 0.489 e. The summed E-state index contributed by atoms with van der Waals surface area (Å²) in [5.74, 6) is 6.54. The summed E-state index contributed by atoms with van der Waals surface area (Å²) in [7, 11) is 0. The first kappa shape index (κ1) is 16.8. The Morgan fingerprint density at radius 3 is 2.35 bits per heavy atom. The molecule has 2 aromatic rings. The molecule has 0 unspecified atom stereocenters. The Hall–Kier alpha value is -2.61. The van der Waals surface area contributed by atoms with Gasteiger partial charge in [0.2, 0.25) is 0 Å². The van der Waals surface area contributed by atoms with Gasteiger partial charge in [-0.25, -0.2) is 0 Å². The fourth-order valence-corrected chi connectivity index (χ4v) is 1.86. The first-order valence-electron chi connectivity index (χ1n) is 6.90. The maximum atomic E-state index is 12.2. The maximum Gasteiger partial charge on any atom is 0.422 e. The Bertz CT molecular complexity index is 712. The van der Waals surface area contributed by atoms with Crippen LogP contribution in [-0.4, -0.2) is 12.8 Å². The molecule has 23 heavy (non-hydrogen) atoms. The van der Waals surface area contributed by atoms with E-state index in [1.54, 1.807) is 31.2 Å². The Labute approximate surface area is 132 Å². The van der Waals surface area contributed by atoms with Gasteiger partial charge in [-0.15, -0.1) is 5.92 Å². The molecule has 0 spiro atoms. The Morgan fingerprint density at radius 2 is 1.65 bits per heavy atom. The zero-order chi connectivity index (χ0) is 16.7. The summed E-state index contributed by atoms with van der Waals surface area (Å²) < 4.78 is 46.8. The molecule has 0 heterocycles. The van der Waals surface area contributed by atoms with Crippen molar-refractivity contribution >= 4 is 0 Å². The topological polar surface area (TPSA) is 18.5 Å². The highest BCUT2D eigenvalue weighted by Gasteiger charge is 2.28. The summed E-state index contributed by atoms with van der Waals surface area (Å²) >= 11 is 0. The average Bonchev–Trinajstić information content (AvgIpc) is 2.52. The summed E-state index contributed by atoms with van der Waals surface area (Å²) in [5.41, 5.74) is 1.56. The molecule has 0 saturated carbocycles. The molecule has 0 fully saturated rings. The van der Waals surface area contributed by atoms with Crippen LogP contribution in [0.2, 0.25) is 0 Å². The summed E-state index contributed by atoms with van der Waals surface area (Å²) in [6.07, 6.45) is -4.35. The third-order valence-corrected chi connectivity index (χ3v) is 2.81. The predicted molar refractivity (Wildman–Crippen MR) is 81.3 cm³/mol. The number of ether oxygens (including phenoxy) is 2. The first-order chi connectivity index (χ1) is 11.0. The number of alkyl halides is 3. The van der Waals surface area contributed by atoms with Gasteiger partial charge >= 0.3 is 6.18 Å². The van der Waals surface area contributed by atoms with Crippen molar-refractivity contribution in [1.82, 2.24) is 0 Å². The lowest BCUT2D eigenvalue weighted by atomic mass is 10.2. The van der Waals surface area contributed by atoms with Crippen molar-refractivity contribution in [2.24, 2.45) is 0 Å². The maximum absolute atomic E-state index is 12.2. The molecule has 0 amide bonds. The van der Waals surface area contributed by atoms with E-state index in [0.717, 1.165) is 11.1 Å². The normalized spacial score (nSPS) is 10.6. The highest BCUT2D eigenvalue weighted by atomic mass is 19.4. The quantitative estimate of drug-likeness (QED) is 0.751. The second-order valence-electron chi connectivity index (χ2n) is 4.74. The Balaban J connectivity index is 1.97. The molecule has 0 N–H and O–H groups in total. The van der Waals surface area contributed by atoms with E-state index in [9.17, 15) is 13.2 Å². The van der Waals surface area contributed by atoms with Gasteiger partial charge in [0.15, 0.2) is 6.61 Å². The SMILES string of the molecule is CC#Cc1cccc(OCc2cccc(OCC(F)(F)F)c2)c1. The fraction of sp³-hybridized carbons (Fsp3) is 0.222. The van der Waals surface area contributed by atoms with Gasteiger partial charge in [-0.3, -0.25) is 0 Å². The van der Waals surface area contributed by atoms with Crippen LogP contribution >= 0.6 is 0 Å². The molecule has 0 aliphatic rings. The molecule has 0 radical (unpaired) electrons. The van der Waals surface area contributed by atoms with Crippen LogP contribution in [0.1, 0.15) is 18.1 Å². The van der Waals surface area contributed by atoms with E-state index >= 15 is 0 Å². The Kier molecular flexibility index (Phi) is 5.53. The van der Waals surface area contributed by atoms with Gasteiger partial charge in [-0.1, -0.05) is 24.1 Å². The molecule has 0 aliphatic heterocycles. The van der Waals surface area contributed by atoms with Crippen LogP contribution in [0.3, 0.4) is 0 Å². The van der Waals surface area contributed by atoms with E-state index in [4.69, 9.17) is 9.47 Å². The highest BCUT2D eigenvalue weighted by Crippen LogP contribution is 2.20. The van der Waals surface area contributed by atoms with Crippen LogP contribution in [0, 0.1) is 11.8 Å². The van der Waals surface area contributed by atoms with E-state index in [-0.39, 0.29) is 12.4 Å². The zero-order valence-corrected chi connectivity index (χ0v) is 12.5. The predicted octanol–water partition coefficient (Wildman–Crippen LogP) is 4.58. The van der Waals surface area contributed by atoms with Crippen molar-refractivity contribution in [1.29, 1.82) is 0 Å². The number of hydrogen-bond acceptors (Lipinski definition) is 2. The second-order valence-corrected chi connectivity index (χ2v) is 4.74. The lowest BCUT2D eigenvalue weighted by Crippen LogP contribution is -2.19. The third kappa shape index (κ3) is 5.95. The van der Waals surface area contributed by atoms with Crippen LogP contribution < -0.4 is 9.47 Å². The molecule has 2 aromatic carbocycles. The molecule has 2 nitrogen and oxygen atoms in total. The van der Waals surface area contributed by atoms with E-state index in [0.29, 0.717) is 5.75 Å². The lowest BCUT2D eigenvalue weighted by molar-refractivity contribution is -0.153. The average molecular weight is 320 g/mol.